The quantitative estimate of drug-likeness (QED) is 0.822. The number of hydrogen-bond donors (Lipinski definition) is 2. The van der Waals surface area contributed by atoms with Crippen molar-refractivity contribution in [1.29, 1.82) is 0 Å². The normalized spacial score (nSPS) is 11.0. The van der Waals surface area contributed by atoms with E-state index in [-0.39, 0.29) is 11.3 Å². The molecule has 2 aromatic rings. The molecule has 0 fully saturated rings. The molecule has 0 aliphatic rings. The van der Waals surface area contributed by atoms with E-state index in [9.17, 15) is 4.79 Å². The molecule has 0 amide bonds. The Morgan fingerprint density at radius 1 is 1.47 bits per heavy atom. The Bertz CT molecular complexity index is 544. The topological polar surface area (TPSA) is 83.8 Å². The van der Waals surface area contributed by atoms with Crippen molar-refractivity contribution in [2.75, 3.05) is 0 Å². The van der Waals surface area contributed by atoms with Crippen molar-refractivity contribution in [3.8, 4) is 11.5 Å². The van der Waals surface area contributed by atoms with Gasteiger partial charge in [0.25, 0.3) is 5.89 Å². The van der Waals surface area contributed by atoms with Gasteiger partial charge in [-0.05, 0) is 0 Å². The van der Waals surface area contributed by atoms with Gasteiger partial charge in [0.05, 0.1) is 6.54 Å². The van der Waals surface area contributed by atoms with E-state index in [2.05, 4.69) is 20.5 Å². The summed E-state index contributed by atoms with van der Waals surface area (Å²) >= 11 is 0. The van der Waals surface area contributed by atoms with E-state index in [0.29, 0.717) is 24.0 Å². The monoisotopic (exact) mass is 234 g/mol. The van der Waals surface area contributed by atoms with Crippen LogP contribution in [0.1, 0.15) is 19.7 Å². The summed E-state index contributed by atoms with van der Waals surface area (Å²) in [6.07, 6.45) is 3.11. The average Bonchev–Trinajstić information content (AvgIpc) is 2.75. The van der Waals surface area contributed by atoms with Crippen LogP contribution >= 0.6 is 0 Å². The second-order valence-corrected chi connectivity index (χ2v) is 3.96. The van der Waals surface area contributed by atoms with Crippen LogP contribution in [0.5, 0.6) is 0 Å². The third-order valence-electron chi connectivity index (χ3n) is 2.18. The maximum absolute atomic E-state index is 11.5. The fraction of sp³-hybridized carbons (Fsp3) is 0.364. The Balaban J connectivity index is 2.19. The zero-order valence-electron chi connectivity index (χ0n) is 9.73. The molecule has 2 rings (SSSR count). The third-order valence-corrected chi connectivity index (χ3v) is 2.18. The predicted octanol–water partition coefficient (Wildman–Crippen LogP) is 0.923. The Kier molecular flexibility index (Phi) is 3.34. The molecule has 6 heteroatoms. The van der Waals surface area contributed by atoms with Crippen molar-refractivity contribution >= 4 is 0 Å². The molecule has 0 unspecified atom stereocenters. The van der Waals surface area contributed by atoms with Gasteiger partial charge in [0.15, 0.2) is 5.43 Å². The first-order chi connectivity index (χ1) is 8.16. The molecule has 0 spiro atoms. The lowest BCUT2D eigenvalue weighted by molar-refractivity contribution is 0.458. The van der Waals surface area contributed by atoms with Gasteiger partial charge >= 0.3 is 0 Å². The van der Waals surface area contributed by atoms with Crippen LogP contribution in [-0.2, 0) is 6.54 Å². The van der Waals surface area contributed by atoms with Gasteiger partial charge in [-0.1, -0.05) is 13.8 Å². The molecule has 0 aliphatic heterocycles. The van der Waals surface area contributed by atoms with Crippen LogP contribution in [0, 0.1) is 0 Å². The van der Waals surface area contributed by atoms with Crippen LogP contribution in [0.2, 0.25) is 0 Å². The van der Waals surface area contributed by atoms with Gasteiger partial charge in [-0.25, -0.2) is 0 Å². The van der Waals surface area contributed by atoms with E-state index in [1.165, 1.54) is 6.07 Å². The summed E-state index contributed by atoms with van der Waals surface area (Å²) in [6.45, 7) is 4.55. The van der Waals surface area contributed by atoms with Crippen molar-refractivity contribution in [2.45, 2.75) is 26.4 Å². The molecular weight excluding hydrogens is 220 g/mol. The van der Waals surface area contributed by atoms with Crippen LogP contribution in [0.3, 0.4) is 0 Å². The van der Waals surface area contributed by atoms with Crippen molar-refractivity contribution in [2.24, 2.45) is 0 Å². The fourth-order valence-electron chi connectivity index (χ4n) is 1.31. The van der Waals surface area contributed by atoms with E-state index >= 15 is 0 Å². The van der Waals surface area contributed by atoms with Crippen LogP contribution in [0.15, 0.2) is 27.7 Å². The average molecular weight is 234 g/mol. The van der Waals surface area contributed by atoms with Gasteiger partial charge in [-0.2, -0.15) is 0 Å². The molecule has 0 saturated carbocycles. The number of nitrogens with zero attached hydrogens (tertiary/aromatic N) is 2. The molecule has 0 bridgehead atoms. The SMILES string of the molecule is CC(C)NCc1nnc(-c2c[nH]ccc2=O)o1. The molecular formula is C11H14N4O2. The first-order valence-electron chi connectivity index (χ1n) is 5.40. The van der Waals surface area contributed by atoms with Crippen molar-refractivity contribution in [3.05, 3.63) is 34.6 Å². The number of aromatic nitrogens is 3. The molecule has 0 radical (unpaired) electrons. The highest BCUT2D eigenvalue weighted by Crippen LogP contribution is 2.12. The van der Waals surface area contributed by atoms with Gasteiger partial charge in [0.1, 0.15) is 5.56 Å². The largest absolute Gasteiger partial charge is 0.419 e. The Morgan fingerprint density at radius 3 is 3.00 bits per heavy atom. The van der Waals surface area contributed by atoms with E-state index in [4.69, 9.17) is 4.42 Å². The summed E-state index contributed by atoms with van der Waals surface area (Å²) in [7, 11) is 0. The molecule has 0 aliphatic carbocycles. The summed E-state index contributed by atoms with van der Waals surface area (Å²) in [4.78, 5) is 14.3. The molecule has 0 aromatic carbocycles. The zero-order valence-corrected chi connectivity index (χ0v) is 9.73. The summed E-state index contributed by atoms with van der Waals surface area (Å²) in [5.41, 5.74) is 0.242. The summed E-state index contributed by atoms with van der Waals surface area (Å²) in [5.74, 6) is 0.712. The summed E-state index contributed by atoms with van der Waals surface area (Å²) in [6, 6.07) is 1.76. The number of H-pyrrole nitrogens is 1. The highest BCUT2D eigenvalue weighted by atomic mass is 16.4. The van der Waals surface area contributed by atoms with E-state index in [0.717, 1.165) is 0 Å². The van der Waals surface area contributed by atoms with E-state index in [1.807, 2.05) is 13.8 Å². The molecule has 2 aromatic heterocycles. The standard InChI is InChI=1S/C11H14N4O2/c1-7(2)13-6-10-14-15-11(17-10)8-5-12-4-3-9(8)16/h3-5,7,13H,6H2,1-2H3,(H,12,16). The van der Waals surface area contributed by atoms with Crippen LogP contribution in [0.4, 0.5) is 0 Å². The minimum absolute atomic E-state index is 0.143. The van der Waals surface area contributed by atoms with Gasteiger partial charge in [0, 0.05) is 24.5 Å². The second-order valence-electron chi connectivity index (χ2n) is 3.96. The lowest BCUT2D eigenvalue weighted by atomic mass is 10.3. The third kappa shape index (κ3) is 2.79. The molecule has 17 heavy (non-hydrogen) atoms. The zero-order chi connectivity index (χ0) is 12.3. The predicted molar refractivity (Wildman–Crippen MR) is 62.3 cm³/mol. The highest BCUT2D eigenvalue weighted by Gasteiger charge is 2.11. The van der Waals surface area contributed by atoms with Crippen molar-refractivity contribution < 1.29 is 4.42 Å². The number of nitrogens with one attached hydrogen (secondary N) is 2. The van der Waals surface area contributed by atoms with Gasteiger partial charge in [-0.3, -0.25) is 4.79 Å². The Labute approximate surface area is 98.1 Å². The lowest BCUT2D eigenvalue weighted by Gasteiger charge is -2.03. The number of pyridine rings is 1. The van der Waals surface area contributed by atoms with E-state index < -0.39 is 0 Å². The number of rotatable bonds is 4. The van der Waals surface area contributed by atoms with Crippen LogP contribution < -0.4 is 10.7 Å². The summed E-state index contributed by atoms with van der Waals surface area (Å²) < 4.78 is 5.40. The molecule has 90 valence electrons. The molecule has 0 atom stereocenters. The lowest BCUT2D eigenvalue weighted by Crippen LogP contribution is -2.21. The fourth-order valence-corrected chi connectivity index (χ4v) is 1.31. The molecule has 2 heterocycles. The van der Waals surface area contributed by atoms with Gasteiger partial charge in [-0.15, -0.1) is 10.2 Å². The maximum atomic E-state index is 11.5. The van der Waals surface area contributed by atoms with Gasteiger partial charge in [0.2, 0.25) is 5.89 Å². The Morgan fingerprint density at radius 2 is 2.29 bits per heavy atom. The molecule has 6 nitrogen and oxygen atoms in total. The van der Waals surface area contributed by atoms with Crippen molar-refractivity contribution in [3.63, 3.8) is 0 Å². The van der Waals surface area contributed by atoms with Crippen LogP contribution in [-0.4, -0.2) is 21.2 Å². The molecule has 2 N–H and O–H groups in total. The van der Waals surface area contributed by atoms with Gasteiger partial charge < -0.3 is 14.7 Å². The highest BCUT2D eigenvalue weighted by molar-refractivity contribution is 5.49. The number of aromatic amines is 1. The first-order valence-corrected chi connectivity index (χ1v) is 5.40. The maximum Gasteiger partial charge on any atom is 0.253 e. The van der Waals surface area contributed by atoms with Crippen LogP contribution in [0.25, 0.3) is 11.5 Å². The minimum Gasteiger partial charge on any atom is -0.419 e. The smallest absolute Gasteiger partial charge is 0.253 e. The summed E-state index contributed by atoms with van der Waals surface area (Å²) in [5, 5.41) is 10.9. The Hall–Kier alpha value is -1.95. The minimum atomic E-state index is -0.143. The van der Waals surface area contributed by atoms with Crippen molar-refractivity contribution in [1.82, 2.24) is 20.5 Å². The van der Waals surface area contributed by atoms with E-state index in [1.54, 1.807) is 12.4 Å². The first kappa shape index (κ1) is 11.5. The number of hydrogen-bond acceptors (Lipinski definition) is 5. The molecule has 0 saturated heterocycles. The second kappa shape index (κ2) is 4.92.